The Labute approximate surface area is 151 Å². The number of piperidine rings is 1. The van der Waals surface area contributed by atoms with Crippen LogP contribution in [0.5, 0.6) is 0 Å². The van der Waals surface area contributed by atoms with E-state index in [0.29, 0.717) is 41.5 Å². The number of ether oxygens (including phenoxy) is 1. The van der Waals surface area contributed by atoms with E-state index >= 15 is 0 Å². The number of likely N-dealkylation sites (tertiary alicyclic amines) is 1. The molecular formula is C19H21N3O4. The Bertz CT molecular complexity index is 865. The number of benzene rings is 1. The summed E-state index contributed by atoms with van der Waals surface area (Å²) >= 11 is 0. The van der Waals surface area contributed by atoms with Crippen molar-refractivity contribution in [1.29, 1.82) is 0 Å². The van der Waals surface area contributed by atoms with Crippen molar-refractivity contribution in [1.82, 2.24) is 9.88 Å². The molecule has 0 spiro atoms. The zero-order valence-electron chi connectivity index (χ0n) is 14.6. The van der Waals surface area contributed by atoms with Crippen LogP contribution in [0.25, 0.3) is 10.9 Å². The summed E-state index contributed by atoms with van der Waals surface area (Å²) in [6, 6.07) is 8.93. The number of carbonyl (C=O) groups is 3. The number of nitrogens with zero attached hydrogens (tertiary/aromatic N) is 2. The van der Waals surface area contributed by atoms with Crippen LogP contribution in [0.4, 0.5) is 0 Å². The highest BCUT2D eigenvalue weighted by molar-refractivity contribution is 6.04. The van der Waals surface area contributed by atoms with Gasteiger partial charge in [-0.25, -0.2) is 4.79 Å². The molecule has 26 heavy (non-hydrogen) atoms. The fourth-order valence-electron chi connectivity index (χ4n) is 3.21. The molecule has 1 aliphatic rings. The monoisotopic (exact) mass is 355 g/mol. The first kappa shape index (κ1) is 17.8. The molecule has 3 rings (SSSR count). The van der Waals surface area contributed by atoms with E-state index in [1.54, 1.807) is 19.1 Å². The van der Waals surface area contributed by atoms with Gasteiger partial charge in [-0.2, -0.15) is 0 Å². The number of rotatable bonds is 4. The van der Waals surface area contributed by atoms with Crippen LogP contribution in [0.1, 0.15) is 28.9 Å². The van der Waals surface area contributed by atoms with Crippen LogP contribution < -0.4 is 5.73 Å². The van der Waals surface area contributed by atoms with Gasteiger partial charge in [0.15, 0.2) is 6.61 Å². The first-order valence-electron chi connectivity index (χ1n) is 8.56. The van der Waals surface area contributed by atoms with Gasteiger partial charge < -0.3 is 15.4 Å². The molecule has 2 amide bonds. The predicted molar refractivity (Wildman–Crippen MR) is 95.3 cm³/mol. The first-order chi connectivity index (χ1) is 12.5. The molecule has 0 radical (unpaired) electrons. The number of pyridine rings is 1. The molecule has 1 aromatic heterocycles. The lowest BCUT2D eigenvalue weighted by Crippen LogP contribution is -2.45. The van der Waals surface area contributed by atoms with Gasteiger partial charge in [0.25, 0.3) is 5.91 Å². The van der Waals surface area contributed by atoms with Gasteiger partial charge in [-0.1, -0.05) is 18.2 Å². The van der Waals surface area contributed by atoms with E-state index in [2.05, 4.69) is 4.98 Å². The summed E-state index contributed by atoms with van der Waals surface area (Å²) in [5.74, 6) is -1.63. The van der Waals surface area contributed by atoms with E-state index in [9.17, 15) is 14.4 Å². The molecular weight excluding hydrogens is 334 g/mol. The highest BCUT2D eigenvalue weighted by Crippen LogP contribution is 2.20. The Kier molecular flexibility index (Phi) is 5.16. The van der Waals surface area contributed by atoms with Crippen molar-refractivity contribution >= 4 is 28.7 Å². The summed E-state index contributed by atoms with van der Waals surface area (Å²) < 4.78 is 5.23. The molecule has 1 fully saturated rings. The summed E-state index contributed by atoms with van der Waals surface area (Å²) in [7, 11) is 0. The van der Waals surface area contributed by atoms with E-state index in [-0.39, 0.29) is 25.0 Å². The highest BCUT2D eigenvalue weighted by Gasteiger charge is 2.27. The summed E-state index contributed by atoms with van der Waals surface area (Å²) in [5.41, 5.74) is 7.11. The lowest BCUT2D eigenvalue weighted by molar-refractivity contribution is -0.137. The Morgan fingerprint density at radius 1 is 1.31 bits per heavy atom. The molecule has 1 atom stereocenters. The van der Waals surface area contributed by atoms with Crippen molar-refractivity contribution in [2.45, 2.75) is 19.8 Å². The number of primary amides is 1. The van der Waals surface area contributed by atoms with Gasteiger partial charge in [-0.05, 0) is 31.9 Å². The highest BCUT2D eigenvalue weighted by atomic mass is 16.5. The maximum Gasteiger partial charge on any atom is 0.339 e. The van der Waals surface area contributed by atoms with Crippen LogP contribution in [0, 0.1) is 12.8 Å². The number of para-hydroxylation sites is 1. The fourth-order valence-corrected chi connectivity index (χ4v) is 3.21. The molecule has 0 saturated carbocycles. The molecule has 0 unspecified atom stereocenters. The number of aromatic nitrogens is 1. The molecule has 1 aliphatic heterocycles. The number of aryl methyl sites for hydroxylation is 1. The van der Waals surface area contributed by atoms with E-state index in [4.69, 9.17) is 10.5 Å². The van der Waals surface area contributed by atoms with Crippen molar-refractivity contribution in [2.24, 2.45) is 11.7 Å². The van der Waals surface area contributed by atoms with Crippen molar-refractivity contribution in [3.63, 3.8) is 0 Å². The standard InChI is InChI=1S/C19H21N3O4/c1-12-9-15(14-6-2-3-7-16(14)21-12)19(25)26-11-17(23)22-8-4-5-13(10-22)18(20)24/h2-3,6-7,9,13H,4-5,8,10-11H2,1H3,(H2,20,24)/t13-/m1/s1. The van der Waals surface area contributed by atoms with Gasteiger partial charge in [0.05, 0.1) is 17.0 Å². The van der Waals surface area contributed by atoms with Gasteiger partial charge >= 0.3 is 5.97 Å². The second-order valence-corrected chi connectivity index (χ2v) is 6.49. The average Bonchev–Trinajstić information content (AvgIpc) is 2.65. The Morgan fingerprint density at radius 2 is 2.08 bits per heavy atom. The Morgan fingerprint density at radius 3 is 2.85 bits per heavy atom. The zero-order chi connectivity index (χ0) is 18.7. The molecule has 7 nitrogen and oxygen atoms in total. The summed E-state index contributed by atoms with van der Waals surface area (Å²) in [4.78, 5) is 42.0. The van der Waals surface area contributed by atoms with Crippen LogP contribution in [0.3, 0.4) is 0 Å². The Balaban J connectivity index is 1.67. The van der Waals surface area contributed by atoms with Crippen molar-refractivity contribution in [3.05, 3.63) is 41.6 Å². The number of esters is 1. The van der Waals surface area contributed by atoms with Gasteiger partial charge in [0.1, 0.15) is 0 Å². The van der Waals surface area contributed by atoms with E-state index in [1.807, 2.05) is 18.2 Å². The number of nitrogens with two attached hydrogens (primary N) is 1. The number of hydrogen-bond acceptors (Lipinski definition) is 5. The van der Waals surface area contributed by atoms with Crippen molar-refractivity contribution in [2.75, 3.05) is 19.7 Å². The van der Waals surface area contributed by atoms with Gasteiger partial charge in [-0.15, -0.1) is 0 Å². The molecule has 0 aliphatic carbocycles. The zero-order valence-corrected chi connectivity index (χ0v) is 14.6. The number of amides is 2. The third-order valence-electron chi connectivity index (χ3n) is 4.57. The molecule has 1 aromatic carbocycles. The van der Waals surface area contributed by atoms with Gasteiger partial charge in [-0.3, -0.25) is 14.6 Å². The summed E-state index contributed by atoms with van der Waals surface area (Å²) in [6.07, 6.45) is 1.39. The molecule has 2 N–H and O–H groups in total. The van der Waals surface area contributed by atoms with Crippen LogP contribution in [-0.4, -0.2) is 47.4 Å². The van der Waals surface area contributed by atoms with Crippen molar-refractivity contribution < 1.29 is 19.1 Å². The van der Waals surface area contributed by atoms with Crippen LogP contribution in [0.15, 0.2) is 30.3 Å². The number of fused-ring (bicyclic) bond motifs is 1. The maximum atomic E-state index is 12.5. The van der Waals surface area contributed by atoms with E-state index in [0.717, 1.165) is 0 Å². The molecule has 136 valence electrons. The lowest BCUT2D eigenvalue weighted by Gasteiger charge is -2.31. The Hall–Kier alpha value is -2.96. The van der Waals surface area contributed by atoms with Crippen LogP contribution >= 0.6 is 0 Å². The average molecular weight is 355 g/mol. The summed E-state index contributed by atoms with van der Waals surface area (Å²) in [5, 5.41) is 0.683. The fraction of sp³-hybridized carbons (Fsp3) is 0.368. The minimum absolute atomic E-state index is 0.281. The van der Waals surface area contributed by atoms with Gasteiger partial charge in [0.2, 0.25) is 5.91 Å². The smallest absolute Gasteiger partial charge is 0.339 e. The maximum absolute atomic E-state index is 12.5. The second kappa shape index (κ2) is 7.51. The van der Waals surface area contributed by atoms with Gasteiger partial charge in [0, 0.05) is 24.2 Å². The molecule has 1 saturated heterocycles. The van der Waals surface area contributed by atoms with E-state index < -0.39 is 11.9 Å². The third-order valence-corrected chi connectivity index (χ3v) is 4.57. The normalized spacial score (nSPS) is 17.1. The number of carbonyl (C=O) groups excluding carboxylic acids is 3. The molecule has 0 bridgehead atoms. The lowest BCUT2D eigenvalue weighted by atomic mass is 9.97. The first-order valence-corrected chi connectivity index (χ1v) is 8.56. The van der Waals surface area contributed by atoms with Crippen molar-refractivity contribution in [3.8, 4) is 0 Å². The molecule has 7 heteroatoms. The van der Waals surface area contributed by atoms with Crippen LogP contribution in [0.2, 0.25) is 0 Å². The third kappa shape index (κ3) is 3.82. The second-order valence-electron chi connectivity index (χ2n) is 6.49. The summed E-state index contributed by atoms with van der Waals surface area (Å²) in [6.45, 7) is 2.26. The minimum Gasteiger partial charge on any atom is -0.452 e. The molecule has 2 aromatic rings. The quantitative estimate of drug-likeness (QED) is 0.836. The molecule has 2 heterocycles. The predicted octanol–water partition coefficient (Wildman–Crippen LogP) is 1.42. The number of hydrogen-bond donors (Lipinski definition) is 1. The minimum atomic E-state index is -0.566. The largest absolute Gasteiger partial charge is 0.452 e. The SMILES string of the molecule is Cc1cc(C(=O)OCC(=O)N2CCC[C@@H](C(N)=O)C2)c2ccccc2n1. The topological polar surface area (TPSA) is 103 Å². The van der Waals surface area contributed by atoms with E-state index in [1.165, 1.54) is 4.90 Å². The van der Waals surface area contributed by atoms with Crippen LogP contribution in [-0.2, 0) is 14.3 Å².